The van der Waals surface area contributed by atoms with E-state index in [2.05, 4.69) is 0 Å². The molecule has 0 radical (unpaired) electrons. The summed E-state index contributed by atoms with van der Waals surface area (Å²) >= 11 is 0. The fraction of sp³-hybridized carbons (Fsp3) is 0.875. The van der Waals surface area contributed by atoms with Crippen molar-refractivity contribution in [1.82, 2.24) is 4.90 Å². The van der Waals surface area contributed by atoms with Crippen molar-refractivity contribution in [2.45, 2.75) is 37.8 Å². The largest absolute Gasteiger partial charge is 0.444 e. The van der Waals surface area contributed by atoms with Crippen molar-refractivity contribution in [3.05, 3.63) is 0 Å². The van der Waals surface area contributed by atoms with E-state index in [0.717, 1.165) is 12.8 Å². The van der Waals surface area contributed by atoms with Gasteiger partial charge in [-0.2, -0.15) is 0 Å². The summed E-state index contributed by atoms with van der Waals surface area (Å²) < 4.78 is 5.16. The SMILES string of the molecule is CN1C(=O)O[C@H]2CCCC[C@H]21. The Morgan fingerprint density at radius 1 is 1.45 bits per heavy atom. The van der Waals surface area contributed by atoms with Gasteiger partial charge < -0.3 is 9.64 Å². The maximum Gasteiger partial charge on any atom is 0.410 e. The zero-order chi connectivity index (χ0) is 7.84. The lowest BCUT2D eigenvalue weighted by atomic mass is 9.93. The van der Waals surface area contributed by atoms with Gasteiger partial charge in [0, 0.05) is 7.05 Å². The number of likely N-dealkylation sites (N-methyl/N-ethyl adjacent to an activating group) is 1. The van der Waals surface area contributed by atoms with E-state index in [1.807, 2.05) is 7.05 Å². The van der Waals surface area contributed by atoms with Gasteiger partial charge in [0.1, 0.15) is 6.10 Å². The molecule has 1 aliphatic heterocycles. The third kappa shape index (κ3) is 0.988. The number of nitrogens with zero attached hydrogens (tertiary/aromatic N) is 1. The highest BCUT2D eigenvalue weighted by Crippen LogP contribution is 2.30. The third-order valence-electron chi connectivity index (χ3n) is 2.71. The fourth-order valence-corrected chi connectivity index (χ4v) is 2.01. The summed E-state index contributed by atoms with van der Waals surface area (Å²) in [4.78, 5) is 12.8. The first-order chi connectivity index (χ1) is 5.29. The molecule has 62 valence electrons. The highest BCUT2D eigenvalue weighted by Gasteiger charge is 2.40. The molecule has 0 bridgehead atoms. The van der Waals surface area contributed by atoms with Gasteiger partial charge >= 0.3 is 6.09 Å². The van der Waals surface area contributed by atoms with Crippen LogP contribution in [-0.4, -0.2) is 30.2 Å². The molecule has 1 aliphatic carbocycles. The van der Waals surface area contributed by atoms with E-state index in [1.165, 1.54) is 12.8 Å². The summed E-state index contributed by atoms with van der Waals surface area (Å²) in [6.07, 6.45) is 4.68. The lowest BCUT2D eigenvalue weighted by molar-refractivity contribution is 0.113. The van der Waals surface area contributed by atoms with Gasteiger partial charge in [-0.1, -0.05) is 6.42 Å². The molecule has 3 nitrogen and oxygen atoms in total. The van der Waals surface area contributed by atoms with Crippen LogP contribution in [0.15, 0.2) is 0 Å². The van der Waals surface area contributed by atoms with Gasteiger partial charge in [-0.3, -0.25) is 0 Å². The number of ether oxygens (including phenoxy) is 1. The van der Waals surface area contributed by atoms with Crippen LogP contribution < -0.4 is 0 Å². The van der Waals surface area contributed by atoms with Crippen molar-refractivity contribution in [3.8, 4) is 0 Å². The molecule has 1 saturated carbocycles. The molecule has 0 aromatic heterocycles. The van der Waals surface area contributed by atoms with E-state index < -0.39 is 0 Å². The Hall–Kier alpha value is -0.730. The van der Waals surface area contributed by atoms with E-state index in [4.69, 9.17) is 4.74 Å². The zero-order valence-corrected chi connectivity index (χ0v) is 6.75. The number of carbonyl (C=O) groups is 1. The number of amides is 1. The van der Waals surface area contributed by atoms with Crippen LogP contribution in [0.2, 0.25) is 0 Å². The van der Waals surface area contributed by atoms with Crippen molar-refractivity contribution in [2.24, 2.45) is 0 Å². The molecule has 2 atom stereocenters. The summed E-state index contributed by atoms with van der Waals surface area (Å²) in [5, 5.41) is 0. The van der Waals surface area contributed by atoms with E-state index >= 15 is 0 Å². The third-order valence-corrected chi connectivity index (χ3v) is 2.71. The highest BCUT2D eigenvalue weighted by atomic mass is 16.6. The van der Waals surface area contributed by atoms with Gasteiger partial charge in [-0.05, 0) is 19.3 Å². The Morgan fingerprint density at radius 3 is 2.91 bits per heavy atom. The second kappa shape index (κ2) is 2.40. The molecule has 0 spiro atoms. The average molecular weight is 155 g/mol. The maximum atomic E-state index is 11.0. The van der Waals surface area contributed by atoms with Crippen LogP contribution >= 0.6 is 0 Å². The van der Waals surface area contributed by atoms with Crippen LogP contribution in [0.25, 0.3) is 0 Å². The van der Waals surface area contributed by atoms with Crippen molar-refractivity contribution in [2.75, 3.05) is 7.05 Å². The molecule has 3 heteroatoms. The topological polar surface area (TPSA) is 29.5 Å². The number of carbonyl (C=O) groups excluding carboxylic acids is 1. The Labute approximate surface area is 66.3 Å². The summed E-state index contributed by atoms with van der Waals surface area (Å²) in [5.41, 5.74) is 0. The van der Waals surface area contributed by atoms with E-state index in [9.17, 15) is 4.79 Å². The maximum absolute atomic E-state index is 11.0. The Kier molecular flexibility index (Phi) is 1.51. The quantitative estimate of drug-likeness (QED) is 0.529. The minimum Gasteiger partial charge on any atom is -0.444 e. The Morgan fingerprint density at radius 2 is 2.18 bits per heavy atom. The van der Waals surface area contributed by atoms with E-state index in [0.29, 0.717) is 6.04 Å². The second-order valence-electron chi connectivity index (χ2n) is 3.38. The summed E-state index contributed by atoms with van der Waals surface area (Å²) in [5.74, 6) is 0. The molecule has 2 aliphatic rings. The molecule has 0 unspecified atom stereocenters. The Bertz CT molecular complexity index is 181. The van der Waals surface area contributed by atoms with Gasteiger partial charge in [0.05, 0.1) is 6.04 Å². The van der Waals surface area contributed by atoms with E-state index in [1.54, 1.807) is 4.90 Å². The van der Waals surface area contributed by atoms with Crippen LogP contribution in [0.4, 0.5) is 4.79 Å². The summed E-state index contributed by atoms with van der Waals surface area (Å²) in [7, 11) is 1.83. The monoisotopic (exact) mass is 155 g/mol. The molecule has 0 aromatic carbocycles. The number of rotatable bonds is 0. The van der Waals surface area contributed by atoms with Gasteiger partial charge in [0.2, 0.25) is 0 Å². The van der Waals surface area contributed by atoms with Gasteiger partial charge in [0.15, 0.2) is 0 Å². The van der Waals surface area contributed by atoms with Crippen LogP contribution in [0.5, 0.6) is 0 Å². The predicted molar refractivity (Wildman–Crippen MR) is 40.3 cm³/mol. The fourth-order valence-electron chi connectivity index (χ4n) is 2.01. The second-order valence-corrected chi connectivity index (χ2v) is 3.38. The van der Waals surface area contributed by atoms with Crippen molar-refractivity contribution < 1.29 is 9.53 Å². The summed E-state index contributed by atoms with van der Waals surface area (Å²) in [6.45, 7) is 0. The molecule has 0 N–H and O–H groups in total. The Balaban J connectivity index is 2.11. The summed E-state index contributed by atoms with van der Waals surface area (Å²) in [6, 6.07) is 0.372. The lowest BCUT2D eigenvalue weighted by Crippen LogP contribution is -2.35. The van der Waals surface area contributed by atoms with Gasteiger partial charge in [0.25, 0.3) is 0 Å². The molecule has 2 fully saturated rings. The first-order valence-corrected chi connectivity index (χ1v) is 4.22. The smallest absolute Gasteiger partial charge is 0.410 e. The molecular formula is C8H13NO2. The molecule has 1 saturated heterocycles. The highest BCUT2D eigenvalue weighted by molar-refractivity contribution is 5.70. The zero-order valence-electron chi connectivity index (χ0n) is 6.75. The standard InChI is InChI=1S/C8H13NO2/c1-9-6-4-2-3-5-7(6)11-8(9)10/h6-7H,2-5H2,1H3/t6-,7+/m1/s1. The molecule has 11 heavy (non-hydrogen) atoms. The molecule has 2 rings (SSSR count). The minimum atomic E-state index is -0.137. The van der Waals surface area contributed by atoms with Crippen LogP contribution in [0.1, 0.15) is 25.7 Å². The first-order valence-electron chi connectivity index (χ1n) is 4.22. The lowest BCUT2D eigenvalue weighted by Gasteiger charge is -2.25. The van der Waals surface area contributed by atoms with Gasteiger partial charge in [-0.25, -0.2) is 4.79 Å². The van der Waals surface area contributed by atoms with Crippen molar-refractivity contribution in [1.29, 1.82) is 0 Å². The first kappa shape index (κ1) is 6.95. The van der Waals surface area contributed by atoms with Crippen molar-refractivity contribution in [3.63, 3.8) is 0 Å². The molecule has 0 aromatic rings. The van der Waals surface area contributed by atoms with Gasteiger partial charge in [-0.15, -0.1) is 0 Å². The number of fused-ring (bicyclic) bond motifs is 1. The molecular weight excluding hydrogens is 142 g/mol. The van der Waals surface area contributed by atoms with Crippen LogP contribution in [-0.2, 0) is 4.74 Å². The van der Waals surface area contributed by atoms with E-state index in [-0.39, 0.29) is 12.2 Å². The molecule has 1 amide bonds. The van der Waals surface area contributed by atoms with Crippen LogP contribution in [0.3, 0.4) is 0 Å². The minimum absolute atomic E-state index is 0.137. The van der Waals surface area contributed by atoms with Crippen molar-refractivity contribution >= 4 is 6.09 Å². The average Bonchev–Trinajstić information content (AvgIpc) is 2.30. The normalized spacial score (nSPS) is 36.8. The number of hydrogen-bond acceptors (Lipinski definition) is 2. The predicted octanol–water partition coefficient (Wildman–Crippen LogP) is 1.38. The van der Waals surface area contributed by atoms with Crippen LogP contribution in [0, 0.1) is 0 Å². The molecule has 1 heterocycles. The number of hydrogen-bond donors (Lipinski definition) is 0.